The molecule has 11 heteroatoms. The van der Waals surface area contributed by atoms with Crippen LogP contribution in [0.15, 0.2) is 0 Å². The third-order valence-corrected chi connectivity index (χ3v) is 2.46. The van der Waals surface area contributed by atoms with Gasteiger partial charge in [0.1, 0.15) is 0 Å². The van der Waals surface area contributed by atoms with E-state index in [0.717, 1.165) is 0 Å². The van der Waals surface area contributed by atoms with Crippen LogP contribution in [0.4, 0.5) is 0 Å². The van der Waals surface area contributed by atoms with Gasteiger partial charge in [0.25, 0.3) is 0 Å². The van der Waals surface area contributed by atoms with E-state index in [1.807, 2.05) is 0 Å². The largest absolute Gasteiger partial charge is 2.00 e. The summed E-state index contributed by atoms with van der Waals surface area (Å²) in [7, 11) is -9.96. The molecule has 0 bridgehead atoms. The molecular weight excluding hydrogens is 233 g/mol. The molecular formula is H10CaMgO7Si2. The summed E-state index contributed by atoms with van der Waals surface area (Å²) in [5.74, 6) is 0. The van der Waals surface area contributed by atoms with E-state index in [0.29, 0.717) is 0 Å². The number of hydrogen-bond donors (Lipinski definition) is 6. The summed E-state index contributed by atoms with van der Waals surface area (Å²) in [6, 6.07) is 0. The van der Waals surface area contributed by atoms with Crippen molar-refractivity contribution in [2.75, 3.05) is 0 Å². The standard InChI is InChI=1S/Ca.Mg.H6O7Si2.4H/c;;1-8(2,3)7-9(4,5)6;;;;/h;;1-6H;;;;/q2*+2;;4*-1. The van der Waals surface area contributed by atoms with Gasteiger partial charge in [-0.3, -0.25) is 0 Å². The number of hydrogen-bond acceptors (Lipinski definition) is 7. The molecule has 0 radical (unpaired) electrons. The van der Waals surface area contributed by atoms with Gasteiger partial charge in [-0.2, -0.15) is 0 Å². The second-order valence-corrected chi connectivity index (χ2v) is 4.36. The minimum atomic E-state index is -4.98. The van der Waals surface area contributed by atoms with Gasteiger partial charge in [0.2, 0.25) is 0 Å². The molecule has 0 aromatic heterocycles. The summed E-state index contributed by atoms with van der Waals surface area (Å²) in [6.45, 7) is 0. The first-order chi connectivity index (χ1) is 3.71. The van der Waals surface area contributed by atoms with Crippen LogP contribution in [-0.4, -0.2) is 108 Å². The van der Waals surface area contributed by atoms with Gasteiger partial charge in [-0.15, -0.1) is 0 Å². The molecule has 0 fully saturated rings. The minimum absolute atomic E-state index is 0. The van der Waals surface area contributed by atoms with Gasteiger partial charge in [0.15, 0.2) is 0 Å². The van der Waals surface area contributed by atoms with Gasteiger partial charge < -0.3 is 38.6 Å². The molecule has 64 valence electrons. The first kappa shape index (κ1) is 18.9. The minimum Gasteiger partial charge on any atom is -1.00 e. The van der Waals surface area contributed by atoms with Crippen LogP contribution < -0.4 is 0 Å². The van der Waals surface area contributed by atoms with E-state index in [4.69, 9.17) is 28.8 Å². The summed E-state index contributed by atoms with van der Waals surface area (Å²) in [5, 5.41) is 0. The van der Waals surface area contributed by atoms with Crippen LogP contribution in [0, 0.1) is 0 Å². The van der Waals surface area contributed by atoms with E-state index in [1.54, 1.807) is 0 Å². The summed E-state index contributed by atoms with van der Waals surface area (Å²) in [6.07, 6.45) is 0. The van der Waals surface area contributed by atoms with E-state index < -0.39 is 18.1 Å². The van der Waals surface area contributed by atoms with Crippen LogP contribution in [0.25, 0.3) is 0 Å². The second kappa shape index (κ2) is 6.61. The van der Waals surface area contributed by atoms with Gasteiger partial charge >= 0.3 is 78.9 Å². The molecule has 0 aromatic rings. The predicted octanol–water partition coefficient (Wildman–Crippen LogP) is -4.48. The molecule has 0 aliphatic heterocycles. The van der Waals surface area contributed by atoms with Crippen LogP contribution in [0.5, 0.6) is 0 Å². The molecule has 11 heavy (non-hydrogen) atoms. The molecule has 0 heterocycles. The SMILES string of the molecule is O[Si](O)(O)O[Si](O)(O)O.[Ca+2].[H-].[H-].[H-].[H-].[Mg+2]. The molecule has 7 nitrogen and oxygen atoms in total. The third kappa shape index (κ3) is 18.9. The van der Waals surface area contributed by atoms with Crippen LogP contribution in [0.1, 0.15) is 5.71 Å². The molecule has 0 rings (SSSR count). The fraction of sp³-hybridized carbons (Fsp3) is 0. The van der Waals surface area contributed by atoms with Gasteiger partial charge in [-0.1, -0.05) is 0 Å². The first-order valence-corrected chi connectivity index (χ1v) is 5.25. The molecule has 0 spiro atoms. The van der Waals surface area contributed by atoms with Crippen LogP contribution in [-0.2, 0) is 4.12 Å². The van der Waals surface area contributed by atoms with Crippen molar-refractivity contribution >= 4 is 78.9 Å². The van der Waals surface area contributed by atoms with Crippen molar-refractivity contribution in [3.63, 3.8) is 0 Å². The molecule has 0 saturated heterocycles. The van der Waals surface area contributed by atoms with E-state index in [-0.39, 0.29) is 66.5 Å². The monoisotopic (exact) mass is 242 g/mol. The third-order valence-electron chi connectivity index (χ3n) is 0.274. The predicted molar refractivity (Wildman–Crippen MR) is 41.9 cm³/mol. The maximum absolute atomic E-state index is 7.94. The summed E-state index contributed by atoms with van der Waals surface area (Å²) in [4.78, 5) is 47.6. The van der Waals surface area contributed by atoms with E-state index in [2.05, 4.69) is 4.12 Å². The fourth-order valence-corrected chi connectivity index (χ4v) is 1.65. The normalized spacial score (nSPS) is 11.5. The Morgan fingerprint density at radius 1 is 0.818 bits per heavy atom. The van der Waals surface area contributed by atoms with Gasteiger partial charge in [-0.25, -0.2) is 0 Å². The van der Waals surface area contributed by atoms with Crippen molar-refractivity contribution in [2.24, 2.45) is 0 Å². The Labute approximate surface area is 116 Å². The molecule has 0 atom stereocenters. The molecule has 6 N–H and O–H groups in total. The molecule has 0 unspecified atom stereocenters. The van der Waals surface area contributed by atoms with E-state index >= 15 is 0 Å². The van der Waals surface area contributed by atoms with E-state index in [9.17, 15) is 0 Å². The van der Waals surface area contributed by atoms with Crippen molar-refractivity contribution < 1.29 is 38.6 Å². The van der Waals surface area contributed by atoms with Crippen molar-refractivity contribution in [3.8, 4) is 0 Å². The quantitative estimate of drug-likeness (QED) is 0.269. The molecule has 0 aliphatic rings. The molecule has 0 amide bonds. The Hall–Kier alpha value is 2.18. The smallest absolute Gasteiger partial charge is 1.00 e. The Kier molecular flexibility index (Phi) is 11.3. The van der Waals surface area contributed by atoms with Crippen molar-refractivity contribution in [3.05, 3.63) is 0 Å². The van der Waals surface area contributed by atoms with Gasteiger partial charge in [0.05, 0.1) is 0 Å². The maximum atomic E-state index is 7.94. The van der Waals surface area contributed by atoms with Crippen LogP contribution >= 0.6 is 0 Å². The van der Waals surface area contributed by atoms with Gasteiger partial charge in [0, 0.05) is 0 Å². The topological polar surface area (TPSA) is 131 Å². The Bertz CT molecular complexity index is 94.1. The first-order valence-electron chi connectivity index (χ1n) is 1.75. The Morgan fingerprint density at radius 2 is 1.00 bits per heavy atom. The number of rotatable bonds is 2. The summed E-state index contributed by atoms with van der Waals surface area (Å²) in [5.41, 5.74) is 0. The molecule has 0 saturated carbocycles. The van der Waals surface area contributed by atoms with Crippen molar-refractivity contribution in [1.29, 1.82) is 0 Å². The zero-order valence-corrected chi connectivity index (χ0v) is 11.1. The maximum Gasteiger partial charge on any atom is 2.00 e. The zero-order chi connectivity index (χ0) is 7.71. The Balaban J connectivity index is -0.0000000213. The van der Waals surface area contributed by atoms with Crippen LogP contribution in [0.2, 0.25) is 0 Å². The Morgan fingerprint density at radius 3 is 1.00 bits per heavy atom. The molecule has 0 aliphatic carbocycles. The molecule has 0 aromatic carbocycles. The van der Waals surface area contributed by atoms with Crippen molar-refractivity contribution in [2.45, 2.75) is 0 Å². The van der Waals surface area contributed by atoms with Crippen LogP contribution in [0.3, 0.4) is 0 Å². The average molecular weight is 243 g/mol. The van der Waals surface area contributed by atoms with Gasteiger partial charge in [-0.05, 0) is 0 Å². The van der Waals surface area contributed by atoms with Crippen molar-refractivity contribution in [1.82, 2.24) is 0 Å². The van der Waals surface area contributed by atoms with E-state index in [1.165, 1.54) is 0 Å². The summed E-state index contributed by atoms with van der Waals surface area (Å²) < 4.78 is 3.24. The second-order valence-electron chi connectivity index (χ2n) is 1.25. The summed E-state index contributed by atoms with van der Waals surface area (Å²) >= 11 is 0. The fourth-order valence-electron chi connectivity index (χ4n) is 0.184. The average Bonchev–Trinajstić information content (AvgIpc) is 1.14. The zero-order valence-electron chi connectivity index (χ0n) is 9.51.